The van der Waals surface area contributed by atoms with Crippen molar-refractivity contribution in [2.75, 3.05) is 0 Å². The summed E-state index contributed by atoms with van der Waals surface area (Å²) in [5, 5.41) is 0. The Hall–Kier alpha value is 0. The van der Waals surface area contributed by atoms with Crippen LogP contribution in [0.3, 0.4) is 0 Å². The Morgan fingerprint density at radius 2 is 1.58 bits per heavy atom. The van der Waals surface area contributed by atoms with E-state index in [1.165, 1.54) is 0 Å². The molecule has 4 saturated carbocycles. The Balaban J connectivity index is 1.97. The molecule has 68 valence electrons. The lowest BCUT2D eigenvalue weighted by Gasteiger charge is -2.59. The molecule has 4 fully saturated rings. The van der Waals surface area contributed by atoms with E-state index < -0.39 is 0 Å². The van der Waals surface area contributed by atoms with Crippen LogP contribution in [-0.4, -0.2) is 0 Å². The van der Waals surface area contributed by atoms with Gasteiger partial charge in [-0.1, -0.05) is 13.8 Å². The molecule has 0 aromatic heterocycles. The summed E-state index contributed by atoms with van der Waals surface area (Å²) in [7, 11) is 0. The molecule has 0 heteroatoms. The second kappa shape index (κ2) is 2.08. The summed E-state index contributed by atoms with van der Waals surface area (Å²) >= 11 is 0. The smallest absolute Gasteiger partial charge is 0.0292 e. The zero-order valence-corrected chi connectivity index (χ0v) is 8.34. The van der Waals surface area contributed by atoms with Crippen LogP contribution in [0.2, 0.25) is 0 Å². The van der Waals surface area contributed by atoms with Gasteiger partial charge >= 0.3 is 0 Å². The minimum absolute atomic E-state index is 0.759. The molecule has 12 heavy (non-hydrogen) atoms. The van der Waals surface area contributed by atoms with Crippen molar-refractivity contribution in [2.45, 2.75) is 46.0 Å². The van der Waals surface area contributed by atoms with Gasteiger partial charge in [-0.05, 0) is 61.2 Å². The standard InChI is InChI=1S/C12H20/c1-8-11-4-9-3-10(5-11)7-12(8,2)6-9/h8-11H,3-7H2,1-2H3/t8-,9-,10+,11?,12?/m1/s1. The molecular formula is C12H20. The Morgan fingerprint density at radius 3 is 2.08 bits per heavy atom. The van der Waals surface area contributed by atoms with Crippen LogP contribution in [0.25, 0.3) is 0 Å². The maximum absolute atomic E-state index is 2.56. The van der Waals surface area contributed by atoms with Crippen LogP contribution in [0, 0.1) is 29.1 Å². The maximum Gasteiger partial charge on any atom is -0.0292 e. The lowest BCUT2D eigenvalue weighted by Crippen LogP contribution is -2.50. The second-order valence-corrected chi connectivity index (χ2v) is 6.05. The molecule has 4 aliphatic rings. The van der Waals surface area contributed by atoms with E-state index in [9.17, 15) is 0 Å². The van der Waals surface area contributed by atoms with E-state index in [0.29, 0.717) is 0 Å². The Kier molecular flexibility index (Phi) is 1.28. The van der Waals surface area contributed by atoms with E-state index >= 15 is 0 Å². The predicted octanol–water partition coefficient (Wildman–Crippen LogP) is 3.47. The van der Waals surface area contributed by atoms with Gasteiger partial charge < -0.3 is 0 Å². The van der Waals surface area contributed by atoms with Gasteiger partial charge in [-0.15, -0.1) is 0 Å². The molecule has 2 unspecified atom stereocenters. The largest absolute Gasteiger partial charge is 0.0617 e. The van der Waals surface area contributed by atoms with Crippen molar-refractivity contribution in [3.8, 4) is 0 Å². The van der Waals surface area contributed by atoms with Gasteiger partial charge in [0.05, 0.1) is 0 Å². The lowest BCUT2D eigenvalue weighted by molar-refractivity contribution is -0.0906. The third-order valence-electron chi connectivity index (χ3n) is 5.26. The van der Waals surface area contributed by atoms with Crippen LogP contribution in [-0.2, 0) is 0 Å². The van der Waals surface area contributed by atoms with Crippen molar-refractivity contribution in [1.29, 1.82) is 0 Å². The predicted molar refractivity (Wildman–Crippen MR) is 50.8 cm³/mol. The summed E-state index contributed by atoms with van der Waals surface area (Å²) in [5.41, 5.74) is 0.759. The van der Waals surface area contributed by atoms with Crippen LogP contribution in [0.15, 0.2) is 0 Å². The fourth-order valence-corrected chi connectivity index (χ4v) is 4.70. The highest BCUT2D eigenvalue weighted by Crippen LogP contribution is 2.62. The minimum Gasteiger partial charge on any atom is -0.0617 e. The van der Waals surface area contributed by atoms with Gasteiger partial charge in [-0.3, -0.25) is 0 Å². The summed E-state index contributed by atoms with van der Waals surface area (Å²) in [4.78, 5) is 0. The van der Waals surface area contributed by atoms with Crippen molar-refractivity contribution in [3.63, 3.8) is 0 Å². The molecule has 4 bridgehead atoms. The van der Waals surface area contributed by atoms with Crippen LogP contribution in [0.4, 0.5) is 0 Å². The molecule has 4 aliphatic carbocycles. The summed E-state index contributed by atoms with van der Waals surface area (Å²) in [6, 6.07) is 0. The van der Waals surface area contributed by atoms with Gasteiger partial charge in [0.2, 0.25) is 0 Å². The fourth-order valence-electron chi connectivity index (χ4n) is 4.70. The first-order chi connectivity index (χ1) is 5.67. The normalized spacial score (nSPS) is 62.5. The van der Waals surface area contributed by atoms with Crippen molar-refractivity contribution < 1.29 is 0 Å². The van der Waals surface area contributed by atoms with Gasteiger partial charge in [-0.2, -0.15) is 0 Å². The van der Waals surface area contributed by atoms with E-state index in [1.54, 1.807) is 32.1 Å². The molecule has 0 N–H and O–H groups in total. The molecule has 0 nitrogen and oxygen atoms in total. The molecule has 0 spiro atoms. The highest BCUT2D eigenvalue weighted by atomic mass is 14.6. The maximum atomic E-state index is 2.56. The molecule has 0 aliphatic heterocycles. The topological polar surface area (TPSA) is 0 Å². The number of hydrogen-bond donors (Lipinski definition) is 0. The first-order valence-corrected chi connectivity index (χ1v) is 5.67. The van der Waals surface area contributed by atoms with Crippen LogP contribution >= 0.6 is 0 Å². The summed E-state index contributed by atoms with van der Waals surface area (Å²) in [5.74, 6) is 4.40. The Bertz CT molecular complexity index is 192. The van der Waals surface area contributed by atoms with Crippen LogP contribution < -0.4 is 0 Å². The van der Waals surface area contributed by atoms with Crippen molar-refractivity contribution >= 4 is 0 Å². The zero-order chi connectivity index (χ0) is 8.34. The Labute approximate surface area is 75.7 Å². The van der Waals surface area contributed by atoms with E-state index in [2.05, 4.69) is 13.8 Å². The zero-order valence-electron chi connectivity index (χ0n) is 8.34. The summed E-state index contributed by atoms with van der Waals surface area (Å²) in [6.07, 6.45) is 7.85. The molecule has 0 aromatic carbocycles. The highest BCUT2D eigenvalue weighted by molar-refractivity contribution is 5.02. The summed E-state index contributed by atoms with van der Waals surface area (Å²) in [6.45, 7) is 5.07. The summed E-state index contributed by atoms with van der Waals surface area (Å²) < 4.78 is 0. The SMILES string of the molecule is C[C@@H]1C2C[C@@H]3C[C@H](C2)CC1(C)C3. The van der Waals surface area contributed by atoms with Gasteiger partial charge in [0.1, 0.15) is 0 Å². The number of rotatable bonds is 0. The van der Waals surface area contributed by atoms with Crippen molar-refractivity contribution in [1.82, 2.24) is 0 Å². The van der Waals surface area contributed by atoms with E-state index in [4.69, 9.17) is 0 Å². The van der Waals surface area contributed by atoms with Crippen LogP contribution in [0.1, 0.15) is 46.0 Å². The first kappa shape index (κ1) is 7.41. The molecule has 0 aromatic rings. The average molecular weight is 164 g/mol. The fraction of sp³-hybridized carbons (Fsp3) is 1.00. The molecule has 0 radical (unpaired) electrons. The van der Waals surface area contributed by atoms with Crippen LogP contribution in [0.5, 0.6) is 0 Å². The van der Waals surface area contributed by atoms with Gasteiger partial charge in [0, 0.05) is 0 Å². The van der Waals surface area contributed by atoms with Crippen molar-refractivity contribution in [2.24, 2.45) is 29.1 Å². The average Bonchev–Trinajstić information content (AvgIpc) is 1.98. The monoisotopic (exact) mass is 164 g/mol. The van der Waals surface area contributed by atoms with Gasteiger partial charge in [-0.25, -0.2) is 0 Å². The molecule has 5 atom stereocenters. The molecule has 4 rings (SSSR count). The Morgan fingerprint density at radius 1 is 1.00 bits per heavy atom. The lowest BCUT2D eigenvalue weighted by atomic mass is 9.46. The molecular weight excluding hydrogens is 144 g/mol. The van der Waals surface area contributed by atoms with Crippen molar-refractivity contribution in [3.05, 3.63) is 0 Å². The molecule has 0 saturated heterocycles. The van der Waals surface area contributed by atoms with E-state index in [1.807, 2.05) is 0 Å². The highest BCUT2D eigenvalue weighted by Gasteiger charge is 2.52. The quantitative estimate of drug-likeness (QED) is 0.514. The van der Waals surface area contributed by atoms with E-state index in [-0.39, 0.29) is 0 Å². The molecule has 0 amide bonds. The van der Waals surface area contributed by atoms with Gasteiger partial charge in [0.15, 0.2) is 0 Å². The third-order valence-corrected chi connectivity index (χ3v) is 5.26. The molecule has 0 heterocycles. The minimum atomic E-state index is 0.759. The first-order valence-electron chi connectivity index (χ1n) is 5.67. The second-order valence-electron chi connectivity index (χ2n) is 6.05. The van der Waals surface area contributed by atoms with E-state index in [0.717, 1.165) is 29.1 Å². The number of hydrogen-bond acceptors (Lipinski definition) is 0. The van der Waals surface area contributed by atoms with Gasteiger partial charge in [0.25, 0.3) is 0 Å². The third kappa shape index (κ3) is 0.791.